The molecule has 4 rings (SSSR count). The lowest BCUT2D eigenvalue weighted by Gasteiger charge is -2.27. The number of ether oxygens (including phenoxy) is 2. The number of halogens is 2. The number of nitrogens with zero attached hydrogens (tertiary/aromatic N) is 1. The van der Waals surface area contributed by atoms with Crippen molar-refractivity contribution in [2.45, 2.75) is 20.5 Å². The fourth-order valence-electron chi connectivity index (χ4n) is 3.80. The van der Waals surface area contributed by atoms with Gasteiger partial charge in [0.25, 0.3) is 11.8 Å². The lowest BCUT2D eigenvalue weighted by atomic mass is 10.0. The molecular formula is C27H22FIN2O5. The Morgan fingerprint density at radius 1 is 1.03 bits per heavy atom. The minimum absolute atomic E-state index is 0.188. The summed E-state index contributed by atoms with van der Waals surface area (Å²) in [4.78, 5) is 39.4. The minimum atomic E-state index is -0.800. The fourth-order valence-corrected chi connectivity index (χ4v) is 4.58. The Bertz CT molecular complexity index is 1400. The summed E-state index contributed by atoms with van der Waals surface area (Å²) in [5, 5.41) is 2.24. The first-order valence-electron chi connectivity index (χ1n) is 10.9. The topological polar surface area (TPSA) is 84.9 Å². The SMILES string of the molecule is COc1cc(/C=C2\C(=O)NC(=O)N(c3ccc(C)cc3C)C2=O)cc(I)c1OCc1ccc(F)cc1. The lowest BCUT2D eigenvalue weighted by Crippen LogP contribution is -2.54. The number of urea groups is 1. The van der Waals surface area contributed by atoms with Crippen LogP contribution in [-0.2, 0) is 16.2 Å². The van der Waals surface area contributed by atoms with E-state index in [1.807, 2.05) is 13.0 Å². The Hall–Kier alpha value is -3.73. The highest BCUT2D eigenvalue weighted by Gasteiger charge is 2.37. The molecule has 4 amide bonds. The number of rotatable bonds is 6. The highest BCUT2D eigenvalue weighted by molar-refractivity contribution is 14.1. The minimum Gasteiger partial charge on any atom is -0.493 e. The number of hydrogen-bond acceptors (Lipinski definition) is 5. The van der Waals surface area contributed by atoms with Gasteiger partial charge in [-0.3, -0.25) is 14.9 Å². The molecule has 0 saturated carbocycles. The second kappa shape index (κ2) is 10.5. The van der Waals surface area contributed by atoms with Crippen molar-refractivity contribution < 1.29 is 28.2 Å². The first-order chi connectivity index (χ1) is 17.2. The molecule has 3 aromatic carbocycles. The molecule has 184 valence electrons. The number of carbonyl (C=O) groups excluding carboxylic acids is 3. The Balaban J connectivity index is 1.65. The van der Waals surface area contributed by atoms with Crippen molar-refractivity contribution in [1.82, 2.24) is 5.32 Å². The average Bonchev–Trinajstić information content (AvgIpc) is 2.83. The average molecular weight is 600 g/mol. The Morgan fingerprint density at radius 3 is 2.42 bits per heavy atom. The van der Waals surface area contributed by atoms with E-state index in [1.165, 1.54) is 25.3 Å². The number of anilines is 1. The standard InChI is InChI=1S/C27H22FIN2O5/c1-15-4-9-22(16(2)10-15)31-26(33)20(25(32)30-27(31)34)11-18-12-21(29)24(23(13-18)35-3)36-14-17-5-7-19(28)8-6-17/h4-13H,14H2,1-3H3,(H,30,32,34)/b20-11+. The molecule has 7 nitrogen and oxygen atoms in total. The number of benzene rings is 3. The predicted octanol–water partition coefficient (Wildman–Crippen LogP) is 5.30. The van der Waals surface area contributed by atoms with Gasteiger partial charge in [-0.2, -0.15) is 0 Å². The third-order valence-corrected chi connectivity index (χ3v) is 6.36. The molecule has 36 heavy (non-hydrogen) atoms. The van der Waals surface area contributed by atoms with Gasteiger partial charge in [-0.25, -0.2) is 14.1 Å². The quantitative estimate of drug-likeness (QED) is 0.236. The maximum absolute atomic E-state index is 13.3. The number of barbiturate groups is 1. The zero-order chi connectivity index (χ0) is 26.0. The first kappa shape index (κ1) is 25.4. The van der Waals surface area contributed by atoms with Gasteiger partial charge in [0.05, 0.1) is 16.4 Å². The fraction of sp³-hybridized carbons (Fsp3) is 0.148. The van der Waals surface area contributed by atoms with Crippen LogP contribution in [0.3, 0.4) is 0 Å². The van der Waals surface area contributed by atoms with Crippen LogP contribution in [0.25, 0.3) is 6.08 Å². The molecule has 0 aromatic heterocycles. The third-order valence-electron chi connectivity index (χ3n) is 5.55. The van der Waals surface area contributed by atoms with Crippen molar-refractivity contribution in [3.8, 4) is 11.5 Å². The summed E-state index contributed by atoms with van der Waals surface area (Å²) < 4.78 is 25.2. The van der Waals surface area contributed by atoms with Gasteiger partial charge in [0, 0.05) is 0 Å². The summed E-state index contributed by atoms with van der Waals surface area (Å²) >= 11 is 2.07. The predicted molar refractivity (Wildman–Crippen MR) is 141 cm³/mol. The van der Waals surface area contributed by atoms with E-state index in [4.69, 9.17) is 9.47 Å². The third kappa shape index (κ3) is 5.25. The molecule has 1 N–H and O–H groups in total. The van der Waals surface area contributed by atoms with Crippen LogP contribution < -0.4 is 19.7 Å². The number of carbonyl (C=O) groups is 3. The molecule has 0 spiro atoms. The highest BCUT2D eigenvalue weighted by Crippen LogP contribution is 2.36. The molecule has 0 aliphatic carbocycles. The smallest absolute Gasteiger partial charge is 0.335 e. The van der Waals surface area contributed by atoms with Crippen molar-refractivity contribution in [3.63, 3.8) is 0 Å². The zero-order valence-electron chi connectivity index (χ0n) is 19.7. The number of methoxy groups -OCH3 is 1. The van der Waals surface area contributed by atoms with Gasteiger partial charge >= 0.3 is 6.03 Å². The summed E-state index contributed by atoms with van der Waals surface area (Å²) in [6.45, 7) is 3.90. The number of imide groups is 2. The second-order valence-electron chi connectivity index (χ2n) is 8.20. The maximum atomic E-state index is 13.3. The van der Waals surface area contributed by atoms with Crippen LogP contribution in [-0.4, -0.2) is 25.0 Å². The molecule has 9 heteroatoms. The zero-order valence-corrected chi connectivity index (χ0v) is 21.9. The molecule has 1 heterocycles. The maximum Gasteiger partial charge on any atom is 0.335 e. The van der Waals surface area contributed by atoms with Crippen LogP contribution in [0.4, 0.5) is 14.9 Å². The highest BCUT2D eigenvalue weighted by atomic mass is 127. The van der Waals surface area contributed by atoms with E-state index in [-0.39, 0.29) is 18.0 Å². The molecule has 0 bridgehead atoms. The monoisotopic (exact) mass is 600 g/mol. The van der Waals surface area contributed by atoms with E-state index in [9.17, 15) is 18.8 Å². The molecule has 0 radical (unpaired) electrons. The van der Waals surface area contributed by atoms with Gasteiger partial charge in [-0.15, -0.1) is 0 Å². The summed E-state index contributed by atoms with van der Waals surface area (Å²) in [5.41, 5.74) is 3.22. The molecule has 3 aromatic rings. The van der Waals surface area contributed by atoms with E-state index in [2.05, 4.69) is 27.9 Å². The molecule has 1 saturated heterocycles. The summed E-state index contributed by atoms with van der Waals surface area (Å²) in [6.07, 6.45) is 1.41. The largest absolute Gasteiger partial charge is 0.493 e. The van der Waals surface area contributed by atoms with E-state index in [0.29, 0.717) is 26.3 Å². The molecule has 1 aliphatic heterocycles. The summed E-state index contributed by atoms with van der Waals surface area (Å²) in [7, 11) is 1.48. The summed E-state index contributed by atoms with van der Waals surface area (Å²) in [5.74, 6) is -0.974. The Kier molecular flexibility index (Phi) is 7.39. The van der Waals surface area contributed by atoms with Gasteiger partial charge in [0.2, 0.25) is 0 Å². The Labute approximate surface area is 221 Å². The number of nitrogens with one attached hydrogen (secondary N) is 1. The van der Waals surface area contributed by atoms with E-state index < -0.39 is 17.8 Å². The number of hydrogen-bond donors (Lipinski definition) is 1. The van der Waals surface area contributed by atoms with Crippen LogP contribution in [0.2, 0.25) is 0 Å². The second-order valence-corrected chi connectivity index (χ2v) is 9.36. The van der Waals surface area contributed by atoms with Crippen molar-refractivity contribution in [3.05, 3.63) is 91.8 Å². The lowest BCUT2D eigenvalue weighted by molar-refractivity contribution is -0.122. The van der Waals surface area contributed by atoms with Crippen molar-refractivity contribution in [2.24, 2.45) is 0 Å². The summed E-state index contributed by atoms with van der Waals surface area (Å²) in [6, 6.07) is 13.9. The normalized spacial score (nSPS) is 14.8. The first-order valence-corrected chi connectivity index (χ1v) is 12.0. The van der Waals surface area contributed by atoms with Crippen molar-refractivity contribution >= 4 is 52.2 Å². The van der Waals surface area contributed by atoms with Gasteiger partial charge in [-0.05, 0) is 89.5 Å². The van der Waals surface area contributed by atoms with Gasteiger partial charge in [-0.1, -0.05) is 29.8 Å². The molecule has 1 fully saturated rings. The van der Waals surface area contributed by atoms with E-state index in [0.717, 1.165) is 21.6 Å². The van der Waals surface area contributed by atoms with E-state index in [1.54, 1.807) is 43.3 Å². The molecule has 1 aliphatic rings. The molecule has 0 atom stereocenters. The van der Waals surface area contributed by atoms with Crippen LogP contribution in [0.15, 0.2) is 60.2 Å². The van der Waals surface area contributed by atoms with Gasteiger partial charge in [0.1, 0.15) is 18.0 Å². The molecular weight excluding hydrogens is 578 g/mol. The van der Waals surface area contributed by atoms with Gasteiger partial charge < -0.3 is 9.47 Å². The van der Waals surface area contributed by atoms with Crippen molar-refractivity contribution in [2.75, 3.05) is 12.0 Å². The van der Waals surface area contributed by atoms with Crippen LogP contribution in [0.5, 0.6) is 11.5 Å². The number of amides is 4. The van der Waals surface area contributed by atoms with Crippen LogP contribution in [0, 0.1) is 23.2 Å². The van der Waals surface area contributed by atoms with Gasteiger partial charge in [0.15, 0.2) is 11.5 Å². The Morgan fingerprint density at radius 2 is 1.75 bits per heavy atom. The molecule has 0 unspecified atom stereocenters. The van der Waals surface area contributed by atoms with E-state index >= 15 is 0 Å². The van der Waals surface area contributed by atoms with Crippen molar-refractivity contribution in [1.29, 1.82) is 0 Å². The number of aryl methyl sites for hydroxylation is 2. The van der Waals surface area contributed by atoms with Crippen LogP contribution >= 0.6 is 22.6 Å². The van der Waals surface area contributed by atoms with Crippen LogP contribution in [0.1, 0.15) is 22.3 Å².